The third kappa shape index (κ3) is 1.92. The van der Waals surface area contributed by atoms with Crippen LogP contribution in [0, 0.1) is 6.92 Å². The number of aryl methyl sites for hydroxylation is 1. The topological polar surface area (TPSA) is 38.7 Å². The molecule has 0 bridgehead atoms. The molecule has 0 fully saturated rings. The first kappa shape index (κ1) is 8.77. The van der Waals surface area contributed by atoms with E-state index in [0.717, 1.165) is 20.2 Å². The van der Waals surface area contributed by atoms with Gasteiger partial charge in [-0.05, 0) is 35.0 Å². The van der Waals surface area contributed by atoms with Crippen LogP contribution in [0.4, 0.5) is 0 Å². The second kappa shape index (κ2) is 3.51. The van der Waals surface area contributed by atoms with E-state index in [-0.39, 0.29) is 0 Å². The van der Waals surface area contributed by atoms with Crippen LogP contribution in [0.5, 0.6) is 0 Å². The Bertz CT molecular complexity index is 410. The first-order valence-electron chi connectivity index (χ1n) is 3.68. The Morgan fingerprint density at radius 2 is 2.15 bits per heavy atom. The minimum atomic E-state index is 0.795. The summed E-state index contributed by atoms with van der Waals surface area (Å²) in [4.78, 5) is 4.19. The normalized spacial score (nSPS) is 10.3. The molecule has 0 N–H and O–H groups in total. The maximum atomic E-state index is 4.19. The molecule has 0 radical (unpaired) electrons. The van der Waals surface area contributed by atoms with Gasteiger partial charge in [-0.25, -0.2) is 0 Å². The molecular formula is C8H6BrN3S. The molecule has 0 saturated heterocycles. The Labute approximate surface area is 88.0 Å². The van der Waals surface area contributed by atoms with Gasteiger partial charge in [0.1, 0.15) is 5.01 Å². The Hall–Kier alpha value is -0.810. The summed E-state index contributed by atoms with van der Waals surface area (Å²) in [6.07, 6.45) is 1.81. The Morgan fingerprint density at radius 1 is 1.31 bits per heavy atom. The van der Waals surface area contributed by atoms with Gasteiger partial charge in [-0.15, -0.1) is 10.2 Å². The van der Waals surface area contributed by atoms with E-state index in [4.69, 9.17) is 0 Å². The van der Waals surface area contributed by atoms with Gasteiger partial charge in [0.2, 0.25) is 0 Å². The first-order chi connectivity index (χ1) is 6.25. The van der Waals surface area contributed by atoms with Crippen LogP contribution >= 0.6 is 27.3 Å². The molecule has 0 atom stereocenters. The molecule has 2 rings (SSSR count). The highest BCUT2D eigenvalue weighted by Gasteiger charge is 2.03. The molecule has 2 aromatic rings. The highest BCUT2D eigenvalue weighted by atomic mass is 79.9. The van der Waals surface area contributed by atoms with Crippen molar-refractivity contribution in [3.63, 3.8) is 0 Å². The van der Waals surface area contributed by atoms with Crippen LogP contribution in [0.25, 0.3) is 10.6 Å². The number of aromatic nitrogens is 3. The second-order valence-corrected chi connectivity index (χ2v) is 4.80. The van der Waals surface area contributed by atoms with Gasteiger partial charge in [-0.1, -0.05) is 11.3 Å². The van der Waals surface area contributed by atoms with Crippen molar-refractivity contribution >= 4 is 27.3 Å². The lowest BCUT2D eigenvalue weighted by atomic mass is 10.3. The zero-order chi connectivity index (χ0) is 9.26. The van der Waals surface area contributed by atoms with Gasteiger partial charge < -0.3 is 0 Å². The Morgan fingerprint density at radius 3 is 2.69 bits per heavy atom. The molecule has 0 spiro atoms. The predicted molar refractivity (Wildman–Crippen MR) is 55.6 cm³/mol. The highest BCUT2D eigenvalue weighted by molar-refractivity contribution is 9.11. The predicted octanol–water partition coefficient (Wildman–Crippen LogP) is 2.67. The third-order valence-corrected chi connectivity index (χ3v) is 2.96. The highest BCUT2D eigenvalue weighted by Crippen LogP contribution is 2.25. The quantitative estimate of drug-likeness (QED) is 0.787. The van der Waals surface area contributed by atoms with Crippen LogP contribution in [0.1, 0.15) is 5.69 Å². The van der Waals surface area contributed by atoms with Crippen LogP contribution < -0.4 is 0 Å². The number of nitrogens with zero attached hydrogens (tertiary/aromatic N) is 3. The van der Waals surface area contributed by atoms with E-state index in [9.17, 15) is 0 Å². The molecule has 0 saturated carbocycles. The minimum absolute atomic E-state index is 0.795. The van der Waals surface area contributed by atoms with Crippen molar-refractivity contribution < 1.29 is 0 Å². The average Bonchev–Trinajstić information content (AvgIpc) is 2.53. The molecule has 0 aliphatic heterocycles. The fraction of sp³-hybridized carbons (Fsp3) is 0.125. The van der Waals surface area contributed by atoms with Gasteiger partial charge >= 0.3 is 0 Å². The van der Waals surface area contributed by atoms with Gasteiger partial charge in [0.15, 0.2) is 3.92 Å². The van der Waals surface area contributed by atoms with Crippen LogP contribution in [-0.2, 0) is 0 Å². The number of hydrogen-bond acceptors (Lipinski definition) is 4. The summed E-state index contributed by atoms with van der Waals surface area (Å²) in [7, 11) is 0. The molecule has 0 amide bonds. The minimum Gasteiger partial charge on any atom is -0.261 e. The van der Waals surface area contributed by atoms with E-state index in [1.165, 1.54) is 11.3 Å². The van der Waals surface area contributed by atoms with E-state index >= 15 is 0 Å². The Kier molecular flexibility index (Phi) is 2.37. The van der Waals surface area contributed by atoms with Crippen molar-refractivity contribution in [1.82, 2.24) is 15.2 Å². The lowest BCUT2D eigenvalue weighted by molar-refractivity contribution is 1.07. The number of pyridine rings is 1. The first-order valence-corrected chi connectivity index (χ1v) is 5.29. The molecule has 2 heterocycles. The molecule has 66 valence electrons. The van der Waals surface area contributed by atoms with Crippen molar-refractivity contribution in [1.29, 1.82) is 0 Å². The van der Waals surface area contributed by atoms with Gasteiger partial charge in [0, 0.05) is 17.5 Å². The van der Waals surface area contributed by atoms with Crippen molar-refractivity contribution in [3.8, 4) is 10.6 Å². The van der Waals surface area contributed by atoms with Crippen molar-refractivity contribution in [2.24, 2.45) is 0 Å². The maximum Gasteiger partial charge on any atom is 0.183 e. The molecule has 5 heteroatoms. The van der Waals surface area contributed by atoms with Crippen LogP contribution in [0.2, 0.25) is 0 Å². The molecule has 3 nitrogen and oxygen atoms in total. The van der Waals surface area contributed by atoms with Crippen LogP contribution in [-0.4, -0.2) is 15.2 Å². The molecule has 0 unspecified atom stereocenters. The summed E-state index contributed by atoms with van der Waals surface area (Å²) >= 11 is 4.77. The fourth-order valence-electron chi connectivity index (χ4n) is 0.916. The number of halogens is 1. The molecule has 0 aromatic carbocycles. The molecule has 2 aromatic heterocycles. The summed E-state index contributed by atoms with van der Waals surface area (Å²) in [5.74, 6) is 0. The summed E-state index contributed by atoms with van der Waals surface area (Å²) in [5.41, 5.74) is 2.01. The zero-order valence-electron chi connectivity index (χ0n) is 6.86. The van der Waals surface area contributed by atoms with Crippen molar-refractivity contribution in [2.75, 3.05) is 0 Å². The molecule has 0 aliphatic carbocycles. The van der Waals surface area contributed by atoms with Gasteiger partial charge in [0.05, 0.1) is 0 Å². The summed E-state index contributed by atoms with van der Waals surface area (Å²) in [5, 5.41) is 8.76. The smallest absolute Gasteiger partial charge is 0.183 e. The summed E-state index contributed by atoms with van der Waals surface area (Å²) in [6.45, 7) is 1.96. The third-order valence-electron chi connectivity index (χ3n) is 1.56. The van der Waals surface area contributed by atoms with Crippen LogP contribution in [0.3, 0.4) is 0 Å². The number of hydrogen-bond donors (Lipinski definition) is 0. The summed E-state index contributed by atoms with van der Waals surface area (Å²) in [6, 6.07) is 3.96. The zero-order valence-corrected chi connectivity index (χ0v) is 9.26. The monoisotopic (exact) mass is 255 g/mol. The average molecular weight is 256 g/mol. The van der Waals surface area contributed by atoms with Crippen molar-refractivity contribution in [2.45, 2.75) is 6.92 Å². The van der Waals surface area contributed by atoms with Crippen LogP contribution in [0.15, 0.2) is 22.2 Å². The summed E-state index contributed by atoms with van der Waals surface area (Å²) < 4.78 is 0.795. The SMILES string of the molecule is Cc1ccc(-c2nnc(Br)s2)cn1. The fourth-order valence-corrected chi connectivity index (χ4v) is 2.02. The van der Waals surface area contributed by atoms with Gasteiger partial charge in [-0.2, -0.15) is 0 Å². The van der Waals surface area contributed by atoms with E-state index in [2.05, 4.69) is 31.1 Å². The largest absolute Gasteiger partial charge is 0.261 e. The van der Waals surface area contributed by atoms with Gasteiger partial charge in [-0.3, -0.25) is 4.98 Å². The molecule has 13 heavy (non-hydrogen) atoms. The molecule has 0 aliphatic rings. The van der Waals surface area contributed by atoms with Gasteiger partial charge in [0.25, 0.3) is 0 Å². The number of rotatable bonds is 1. The van der Waals surface area contributed by atoms with Crippen molar-refractivity contribution in [3.05, 3.63) is 27.9 Å². The van der Waals surface area contributed by atoms with E-state index in [0.29, 0.717) is 0 Å². The Balaban J connectivity index is 2.41. The van der Waals surface area contributed by atoms with E-state index in [1.54, 1.807) is 0 Å². The van der Waals surface area contributed by atoms with E-state index in [1.807, 2.05) is 25.3 Å². The lowest BCUT2D eigenvalue weighted by Gasteiger charge is -1.93. The lowest BCUT2D eigenvalue weighted by Crippen LogP contribution is -1.81. The standard InChI is InChI=1S/C8H6BrN3S/c1-5-2-3-6(4-10-5)7-11-12-8(9)13-7/h2-4H,1H3. The maximum absolute atomic E-state index is 4.19. The molecular weight excluding hydrogens is 250 g/mol. The second-order valence-electron chi connectivity index (χ2n) is 2.55. The van der Waals surface area contributed by atoms with E-state index < -0.39 is 0 Å².